The molecule has 1 amide bonds. The number of aliphatic carboxylic acids is 1. The van der Waals surface area contributed by atoms with E-state index in [4.69, 9.17) is 10.8 Å². The monoisotopic (exact) mass is 240 g/mol. The van der Waals surface area contributed by atoms with E-state index in [-0.39, 0.29) is 11.9 Å². The van der Waals surface area contributed by atoms with Crippen molar-refractivity contribution in [1.29, 1.82) is 0 Å². The topological polar surface area (TPSA) is 92.4 Å². The molecule has 0 fully saturated rings. The van der Waals surface area contributed by atoms with E-state index in [2.05, 4.69) is 5.32 Å². The van der Waals surface area contributed by atoms with Crippen molar-refractivity contribution in [3.63, 3.8) is 0 Å². The van der Waals surface area contributed by atoms with Crippen LogP contribution in [0.15, 0.2) is 12.2 Å². The molecule has 0 aromatic rings. The Morgan fingerprint density at radius 1 is 1.53 bits per heavy atom. The number of hydrogen-bond acceptors (Lipinski definition) is 3. The summed E-state index contributed by atoms with van der Waals surface area (Å²) < 4.78 is 0. The Hall–Kier alpha value is -1.36. The summed E-state index contributed by atoms with van der Waals surface area (Å²) in [6.07, 6.45) is 6.36. The van der Waals surface area contributed by atoms with Crippen molar-refractivity contribution < 1.29 is 14.7 Å². The number of rotatable bonds is 6. The molecule has 0 bridgehead atoms. The third kappa shape index (κ3) is 4.19. The Labute approximate surface area is 101 Å². The minimum Gasteiger partial charge on any atom is -0.481 e. The van der Waals surface area contributed by atoms with Crippen molar-refractivity contribution >= 4 is 11.9 Å². The number of carboxylic acids is 1. The summed E-state index contributed by atoms with van der Waals surface area (Å²) >= 11 is 0. The molecule has 1 aliphatic rings. The van der Waals surface area contributed by atoms with E-state index in [0.717, 1.165) is 12.8 Å². The van der Waals surface area contributed by atoms with Gasteiger partial charge >= 0.3 is 5.97 Å². The first-order chi connectivity index (χ1) is 8.04. The van der Waals surface area contributed by atoms with Crippen molar-refractivity contribution in [3.05, 3.63) is 12.2 Å². The van der Waals surface area contributed by atoms with Crippen LogP contribution < -0.4 is 11.1 Å². The zero-order chi connectivity index (χ0) is 12.8. The maximum Gasteiger partial charge on any atom is 0.310 e. The summed E-state index contributed by atoms with van der Waals surface area (Å²) in [6, 6.07) is -0.691. The first-order valence-corrected chi connectivity index (χ1v) is 6.01. The third-order valence-corrected chi connectivity index (χ3v) is 2.93. The number of amides is 1. The fraction of sp³-hybridized carbons (Fsp3) is 0.667. The van der Waals surface area contributed by atoms with Gasteiger partial charge in [0.25, 0.3) is 0 Å². The molecule has 0 aliphatic heterocycles. The van der Waals surface area contributed by atoms with Gasteiger partial charge in [-0.25, -0.2) is 0 Å². The molecular formula is C12H20N2O3. The third-order valence-electron chi connectivity index (χ3n) is 2.93. The van der Waals surface area contributed by atoms with E-state index in [1.165, 1.54) is 0 Å². The molecule has 0 spiro atoms. The SMILES string of the molecule is CCCC[C@H](N)C(=O)NC1C=CC(C(=O)O)C1. The zero-order valence-corrected chi connectivity index (χ0v) is 10.1. The molecule has 5 heteroatoms. The maximum atomic E-state index is 11.7. The van der Waals surface area contributed by atoms with Crippen molar-refractivity contribution in [2.45, 2.75) is 44.7 Å². The smallest absolute Gasteiger partial charge is 0.310 e. The molecule has 0 aromatic heterocycles. The van der Waals surface area contributed by atoms with Crippen molar-refractivity contribution in [2.24, 2.45) is 11.7 Å². The molecule has 1 rings (SSSR count). The van der Waals surface area contributed by atoms with Crippen molar-refractivity contribution in [2.75, 3.05) is 0 Å². The lowest BCUT2D eigenvalue weighted by atomic mass is 10.1. The number of unbranched alkanes of at least 4 members (excludes halogenated alkanes) is 1. The highest BCUT2D eigenvalue weighted by molar-refractivity contribution is 5.82. The van der Waals surface area contributed by atoms with Gasteiger partial charge < -0.3 is 16.2 Å². The first-order valence-electron chi connectivity index (χ1n) is 6.01. The summed E-state index contributed by atoms with van der Waals surface area (Å²) in [5.74, 6) is -1.54. The molecule has 17 heavy (non-hydrogen) atoms. The molecule has 0 radical (unpaired) electrons. The predicted octanol–water partition coefficient (Wildman–Crippen LogP) is 0.649. The Bertz CT molecular complexity index is 315. The number of carboxylic acid groups (broad SMARTS) is 1. The molecular weight excluding hydrogens is 220 g/mol. The maximum absolute atomic E-state index is 11.7. The molecule has 5 nitrogen and oxygen atoms in total. The zero-order valence-electron chi connectivity index (χ0n) is 10.1. The van der Waals surface area contributed by atoms with Crippen LogP contribution in [-0.2, 0) is 9.59 Å². The minimum atomic E-state index is -0.853. The normalized spacial score (nSPS) is 24.6. The summed E-state index contributed by atoms with van der Waals surface area (Å²) in [4.78, 5) is 22.4. The number of nitrogens with two attached hydrogens (primary N) is 1. The summed E-state index contributed by atoms with van der Waals surface area (Å²) in [6.45, 7) is 2.04. The average Bonchev–Trinajstić information content (AvgIpc) is 2.74. The number of carbonyl (C=O) groups is 2. The highest BCUT2D eigenvalue weighted by atomic mass is 16.4. The van der Waals surface area contributed by atoms with Crippen LogP contribution in [0.4, 0.5) is 0 Å². The Morgan fingerprint density at radius 3 is 2.76 bits per heavy atom. The lowest BCUT2D eigenvalue weighted by molar-refractivity contribution is -0.140. The molecule has 0 aromatic carbocycles. The van der Waals surface area contributed by atoms with Gasteiger partial charge in [-0.2, -0.15) is 0 Å². The lowest BCUT2D eigenvalue weighted by Gasteiger charge is -2.16. The number of carbonyl (C=O) groups excluding carboxylic acids is 1. The number of hydrogen-bond donors (Lipinski definition) is 3. The summed E-state index contributed by atoms with van der Waals surface area (Å²) in [5, 5.41) is 11.6. The van der Waals surface area contributed by atoms with E-state index < -0.39 is 17.9 Å². The molecule has 0 saturated heterocycles. The van der Waals surface area contributed by atoms with Crippen LogP contribution in [0.1, 0.15) is 32.6 Å². The van der Waals surface area contributed by atoms with Gasteiger partial charge in [0, 0.05) is 6.04 Å². The van der Waals surface area contributed by atoms with Gasteiger partial charge in [0.2, 0.25) is 5.91 Å². The van der Waals surface area contributed by atoms with Gasteiger partial charge in [-0.3, -0.25) is 9.59 Å². The fourth-order valence-corrected chi connectivity index (χ4v) is 1.83. The van der Waals surface area contributed by atoms with E-state index in [0.29, 0.717) is 12.8 Å². The van der Waals surface area contributed by atoms with Crippen molar-refractivity contribution in [1.82, 2.24) is 5.32 Å². The first kappa shape index (κ1) is 13.7. The van der Waals surface area contributed by atoms with Gasteiger partial charge in [-0.05, 0) is 12.8 Å². The fourth-order valence-electron chi connectivity index (χ4n) is 1.83. The second-order valence-corrected chi connectivity index (χ2v) is 4.43. The van der Waals surface area contributed by atoms with Gasteiger partial charge in [0.1, 0.15) is 0 Å². The standard InChI is InChI=1S/C12H20N2O3/c1-2-3-4-10(13)11(15)14-9-6-5-8(7-9)12(16)17/h5-6,8-10H,2-4,7,13H2,1H3,(H,14,15)(H,16,17)/t8?,9?,10-/m0/s1. The van der Waals surface area contributed by atoms with E-state index in [1.807, 2.05) is 6.92 Å². The van der Waals surface area contributed by atoms with Crippen LogP contribution in [0.5, 0.6) is 0 Å². The molecule has 3 atom stereocenters. The van der Waals surface area contributed by atoms with Crippen LogP contribution in [0.2, 0.25) is 0 Å². The van der Waals surface area contributed by atoms with E-state index >= 15 is 0 Å². The molecule has 0 saturated carbocycles. The van der Waals surface area contributed by atoms with Crippen LogP contribution in [0.25, 0.3) is 0 Å². The average molecular weight is 240 g/mol. The van der Waals surface area contributed by atoms with Crippen LogP contribution >= 0.6 is 0 Å². The lowest BCUT2D eigenvalue weighted by Crippen LogP contribution is -2.44. The van der Waals surface area contributed by atoms with Gasteiger partial charge in [0.05, 0.1) is 12.0 Å². The quantitative estimate of drug-likeness (QED) is 0.594. The van der Waals surface area contributed by atoms with Crippen LogP contribution in [0, 0.1) is 5.92 Å². The minimum absolute atomic E-state index is 0.195. The summed E-state index contributed by atoms with van der Waals surface area (Å²) in [7, 11) is 0. The largest absolute Gasteiger partial charge is 0.481 e. The second kappa shape index (κ2) is 6.39. The molecule has 2 unspecified atom stereocenters. The highest BCUT2D eigenvalue weighted by Crippen LogP contribution is 2.18. The summed E-state index contributed by atoms with van der Waals surface area (Å²) in [5.41, 5.74) is 5.72. The van der Waals surface area contributed by atoms with Crippen molar-refractivity contribution in [3.8, 4) is 0 Å². The molecule has 4 N–H and O–H groups in total. The van der Waals surface area contributed by atoms with Crippen LogP contribution in [-0.4, -0.2) is 29.1 Å². The van der Waals surface area contributed by atoms with E-state index in [1.54, 1.807) is 12.2 Å². The molecule has 0 heterocycles. The van der Waals surface area contributed by atoms with Gasteiger partial charge in [0.15, 0.2) is 0 Å². The highest BCUT2D eigenvalue weighted by Gasteiger charge is 2.26. The second-order valence-electron chi connectivity index (χ2n) is 4.43. The van der Waals surface area contributed by atoms with Crippen LogP contribution in [0.3, 0.4) is 0 Å². The Morgan fingerprint density at radius 2 is 2.24 bits per heavy atom. The van der Waals surface area contributed by atoms with E-state index in [9.17, 15) is 9.59 Å². The predicted molar refractivity (Wildman–Crippen MR) is 64.3 cm³/mol. The molecule has 1 aliphatic carbocycles. The molecule has 96 valence electrons. The Kier molecular flexibility index (Phi) is 5.15. The van der Waals surface area contributed by atoms with Gasteiger partial charge in [-0.1, -0.05) is 31.9 Å². The van der Waals surface area contributed by atoms with Gasteiger partial charge in [-0.15, -0.1) is 0 Å². The number of nitrogens with one attached hydrogen (secondary N) is 1. The Balaban J connectivity index is 2.33.